The topological polar surface area (TPSA) is 37.3 Å². The lowest BCUT2D eigenvalue weighted by Gasteiger charge is -2.09. The molecule has 0 unspecified atom stereocenters. The van der Waals surface area contributed by atoms with E-state index in [0.717, 1.165) is 11.1 Å². The Morgan fingerprint density at radius 3 is 2.92 bits per heavy atom. The number of benzene rings is 1. The molecule has 0 amide bonds. The van der Waals surface area contributed by atoms with Gasteiger partial charge in [-0.15, -0.1) is 0 Å². The smallest absolute Gasteiger partial charge is 0.160 e. The standard InChI is InChI=1S/C10H8O2/c11-8-4-5-9-7(6-8)2-1-3-10(9)12/h1-5,12H,6H2. The van der Waals surface area contributed by atoms with Crippen LogP contribution < -0.4 is 0 Å². The first-order valence-electron chi connectivity index (χ1n) is 3.79. The molecule has 0 heterocycles. The molecule has 2 heteroatoms. The number of carbonyl (C=O) groups excluding carboxylic acids is 1. The highest BCUT2D eigenvalue weighted by molar-refractivity contribution is 5.98. The van der Waals surface area contributed by atoms with Crippen molar-refractivity contribution in [3.05, 3.63) is 35.4 Å². The molecule has 0 saturated heterocycles. The summed E-state index contributed by atoms with van der Waals surface area (Å²) < 4.78 is 0. The zero-order valence-corrected chi connectivity index (χ0v) is 6.45. The number of carbonyl (C=O) groups is 1. The number of phenols is 1. The van der Waals surface area contributed by atoms with Crippen LogP contribution in [0.15, 0.2) is 24.3 Å². The maximum absolute atomic E-state index is 11.0. The summed E-state index contributed by atoms with van der Waals surface area (Å²) in [5.74, 6) is 0.337. The summed E-state index contributed by atoms with van der Waals surface area (Å²) in [6.07, 6.45) is 3.57. The van der Waals surface area contributed by atoms with Crippen molar-refractivity contribution in [3.63, 3.8) is 0 Å². The van der Waals surface area contributed by atoms with Gasteiger partial charge in [0.15, 0.2) is 5.78 Å². The van der Waals surface area contributed by atoms with Crippen LogP contribution in [0, 0.1) is 0 Å². The maximum Gasteiger partial charge on any atom is 0.160 e. The van der Waals surface area contributed by atoms with E-state index in [0.29, 0.717) is 6.42 Å². The Hall–Kier alpha value is -1.57. The Morgan fingerprint density at radius 1 is 1.25 bits per heavy atom. The van der Waals surface area contributed by atoms with Gasteiger partial charge in [-0.1, -0.05) is 12.1 Å². The van der Waals surface area contributed by atoms with Crippen molar-refractivity contribution >= 4 is 11.9 Å². The van der Waals surface area contributed by atoms with Gasteiger partial charge in [0.25, 0.3) is 0 Å². The highest BCUT2D eigenvalue weighted by Crippen LogP contribution is 2.25. The van der Waals surface area contributed by atoms with E-state index in [9.17, 15) is 9.90 Å². The van der Waals surface area contributed by atoms with Gasteiger partial charge < -0.3 is 5.11 Å². The fourth-order valence-electron chi connectivity index (χ4n) is 1.37. The fourth-order valence-corrected chi connectivity index (χ4v) is 1.37. The SMILES string of the molecule is O=C1C=Cc2c(O)cccc2C1. The number of aromatic hydroxyl groups is 1. The summed E-state index contributed by atoms with van der Waals surface area (Å²) in [7, 11) is 0. The number of rotatable bonds is 0. The van der Waals surface area contributed by atoms with Gasteiger partial charge in [-0.05, 0) is 23.8 Å². The number of fused-ring (bicyclic) bond motifs is 1. The first-order valence-corrected chi connectivity index (χ1v) is 3.79. The average Bonchev–Trinajstić information content (AvgIpc) is 2.04. The first kappa shape index (κ1) is 7.10. The Morgan fingerprint density at radius 2 is 2.08 bits per heavy atom. The molecule has 1 N–H and O–H groups in total. The highest BCUT2D eigenvalue weighted by Gasteiger charge is 2.11. The predicted molar refractivity (Wildman–Crippen MR) is 45.9 cm³/mol. The van der Waals surface area contributed by atoms with E-state index in [2.05, 4.69) is 0 Å². The lowest BCUT2D eigenvalue weighted by atomic mass is 9.96. The molecule has 1 aliphatic rings. The minimum absolute atomic E-state index is 0.0908. The quantitative estimate of drug-likeness (QED) is 0.625. The lowest BCUT2D eigenvalue weighted by Crippen LogP contribution is -2.04. The van der Waals surface area contributed by atoms with Gasteiger partial charge in [-0.2, -0.15) is 0 Å². The van der Waals surface area contributed by atoms with Crippen LogP contribution in [0.4, 0.5) is 0 Å². The van der Waals surface area contributed by atoms with Crippen LogP contribution in [0.25, 0.3) is 6.08 Å². The second-order valence-corrected chi connectivity index (χ2v) is 2.83. The molecule has 1 aromatic carbocycles. The van der Waals surface area contributed by atoms with E-state index >= 15 is 0 Å². The minimum atomic E-state index is 0.0908. The predicted octanol–water partition coefficient (Wildman–Crippen LogP) is 1.53. The van der Waals surface area contributed by atoms with Crippen LogP contribution in [0.5, 0.6) is 5.75 Å². The molecule has 0 saturated carbocycles. The van der Waals surface area contributed by atoms with Crippen molar-refractivity contribution in [2.45, 2.75) is 6.42 Å². The van der Waals surface area contributed by atoms with Crippen molar-refractivity contribution in [3.8, 4) is 5.75 Å². The van der Waals surface area contributed by atoms with E-state index < -0.39 is 0 Å². The molecular formula is C10H8O2. The van der Waals surface area contributed by atoms with Gasteiger partial charge in [0.2, 0.25) is 0 Å². The molecular weight excluding hydrogens is 152 g/mol. The van der Waals surface area contributed by atoms with Crippen LogP contribution in [0.1, 0.15) is 11.1 Å². The summed E-state index contributed by atoms with van der Waals surface area (Å²) in [5.41, 5.74) is 1.68. The van der Waals surface area contributed by atoms with Crippen LogP contribution in [0.3, 0.4) is 0 Å². The zero-order valence-electron chi connectivity index (χ0n) is 6.45. The molecule has 2 nitrogen and oxygen atoms in total. The summed E-state index contributed by atoms with van der Waals surface area (Å²) in [5, 5.41) is 9.38. The largest absolute Gasteiger partial charge is 0.507 e. The van der Waals surface area contributed by atoms with E-state index in [1.807, 2.05) is 6.07 Å². The van der Waals surface area contributed by atoms with Crippen molar-refractivity contribution in [1.82, 2.24) is 0 Å². The Bertz CT molecular complexity index is 364. The van der Waals surface area contributed by atoms with Gasteiger partial charge in [0.05, 0.1) is 0 Å². The Kier molecular flexibility index (Phi) is 1.47. The van der Waals surface area contributed by atoms with E-state index in [1.54, 1.807) is 18.2 Å². The van der Waals surface area contributed by atoms with E-state index in [-0.39, 0.29) is 11.5 Å². The van der Waals surface area contributed by atoms with Crippen LogP contribution in [-0.2, 0) is 11.2 Å². The molecule has 1 aliphatic carbocycles. The van der Waals surface area contributed by atoms with Crippen molar-refractivity contribution in [2.75, 3.05) is 0 Å². The molecule has 12 heavy (non-hydrogen) atoms. The average molecular weight is 160 g/mol. The molecule has 0 bridgehead atoms. The van der Waals surface area contributed by atoms with Gasteiger partial charge in [-0.3, -0.25) is 4.79 Å². The zero-order chi connectivity index (χ0) is 8.55. The third-order valence-electron chi connectivity index (χ3n) is 1.97. The van der Waals surface area contributed by atoms with Crippen molar-refractivity contribution < 1.29 is 9.90 Å². The molecule has 0 aliphatic heterocycles. The second-order valence-electron chi connectivity index (χ2n) is 2.83. The van der Waals surface area contributed by atoms with Gasteiger partial charge in [-0.25, -0.2) is 0 Å². The third kappa shape index (κ3) is 1.01. The molecule has 0 atom stereocenters. The maximum atomic E-state index is 11.0. The van der Waals surface area contributed by atoms with Gasteiger partial charge in [0, 0.05) is 12.0 Å². The second kappa shape index (κ2) is 2.48. The van der Waals surface area contributed by atoms with Crippen molar-refractivity contribution in [2.24, 2.45) is 0 Å². The monoisotopic (exact) mass is 160 g/mol. The molecule has 2 rings (SSSR count). The Balaban J connectivity index is 2.60. The molecule has 60 valence electrons. The number of allylic oxidation sites excluding steroid dienone is 1. The fraction of sp³-hybridized carbons (Fsp3) is 0.100. The van der Waals surface area contributed by atoms with Crippen LogP contribution in [0.2, 0.25) is 0 Å². The first-order chi connectivity index (χ1) is 5.77. The Labute approximate surface area is 70.2 Å². The highest BCUT2D eigenvalue weighted by atomic mass is 16.3. The van der Waals surface area contributed by atoms with Crippen molar-refractivity contribution in [1.29, 1.82) is 0 Å². The van der Waals surface area contributed by atoms with Gasteiger partial charge >= 0.3 is 0 Å². The number of hydrogen-bond acceptors (Lipinski definition) is 2. The number of ketones is 1. The summed E-state index contributed by atoms with van der Waals surface area (Å²) in [6.45, 7) is 0. The third-order valence-corrected chi connectivity index (χ3v) is 1.97. The van der Waals surface area contributed by atoms with Crippen LogP contribution in [-0.4, -0.2) is 10.9 Å². The molecule has 0 spiro atoms. The number of phenolic OH excluding ortho intramolecular Hbond substituents is 1. The van der Waals surface area contributed by atoms with Crippen LogP contribution >= 0.6 is 0 Å². The molecule has 1 aromatic rings. The lowest BCUT2D eigenvalue weighted by molar-refractivity contribution is -0.114. The normalized spacial score (nSPS) is 14.5. The molecule has 0 aromatic heterocycles. The van der Waals surface area contributed by atoms with E-state index in [4.69, 9.17) is 0 Å². The summed E-state index contributed by atoms with van der Waals surface area (Å²) in [4.78, 5) is 11.0. The molecule has 0 fully saturated rings. The van der Waals surface area contributed by atoms with Gasteiger partial charge in [0.1, 0.15) is 5.75 Å². The minimum Gasteiger partial charge on any atom is -0.507 e. The summed E-state index contributed by atoms with van der Waals surface area (Å²) >= 11 is 0. The molecule has 0 radical (unpaired) electrons. The number of hydrogen-bond donors (Lipinski definition) is 1. The summed E-state index contributed by atoms with van der Waals surface area (Å²) in [6, 6.07) is 5.23. The van der Waals surface area contributed by atoms with E-state index in [1.165, 1.54) is 6.08 Å².